The number of aromatic nitrogens is 1. The molecule has 0 N–H and O–H groups in total. The molecule has 0 saturated carbocycles. The van der Waals surface area contributed by atoms with Crippen molar-refractivity contribution in [2.45, 2.75) is 12.7 Å². The molecule has 3 rings (SSSR count). The van der Waals surface area contributed by atoms with Crippen molar-refractivity contribution in [3.8, 4) is 0 Å². The van der Waals surface area contributed by atoms with Crippen molar-refractivity contribution in [1.29, 1.82) is 0 Å². The maximum Gasteiger partial charge on any atom is 0.434 e. The molecule has 0 spiro atoms. The van der Waals surface area contributed by atoms with E-state index in [-0.39, 0.29) is 0 Å². The van der Waals surface area contributed by atoms with Gasteiger partial charge in [0.1, 0.15) is 5.01 Å². The number of hydrogen-bond donors (Lipinski definition) is 0. The van der Waals surface area contributed by atoms with Gasteiger partial charge in [0.15, 0.2) is 5.69 Å². The number of benzene rings is 1. The molecule has 0 atom stereocenters. The Labute approximate surface area is 141 Å². The maximum atomic E-state index is 12.6. The molecular weight excluding hydrogens is 347 g/mol. The summed E-state index contributed by atoms with van der Waals surface area (Å²) in [5.74, 6) is 0. The first-order chi connectivity index (χ1) is 10.9. The molecule has 1 aliphatic rings. The molecule has 1 aromatic heterocycles. The highest BCUT2D eigenvalue weighted by atomic mass is 35.5. The third-order valence-corrected chi connectivity index (χ3v) is 4.82. The van der Waals surface area contributed by atoms with Crippen LogP contribution in [0, 0.1) is 0 Å². The van der Waals surface area contributed by atoms with Crippen LogP contribution in [0.3, 0.4) is 0 Å². The van der Waals surface area contributed by atoms with Gasteiger partial charge in [-0.3, -0.25) is 4.90 Å². The van der Waals surface area contributed by atoms with E-state index in [1.165, 1.54) is 0 Å². The lowest BCUT2D eigenvalue weighted by molar-refractivity contribution is -0.140. The Morgan fingerprint density at radius 3 is 2.52 bits per heavy atom. The Morgan fingerprint density at radius 2 is 1.91 bits per heavy atom. The van der Waals surface area contributed by atoms with Gasteiger partial charge in [0.05, 0.1) is 6.54 Å². The summed E-state index contributed by atoms with van der Waals surface area (Å²) < 4.78 is 37.7. The molecule has 0 unspecified atom stereocenters. The van der Waals surface area contributed by atoms with Crippen LogP contribution in [-0.2, 0) is 12.7 Å². The molecule has 23 heavy (non-hydrogen) atoms. The number of thiazole rings is 1. The molecule has 0 bridgehead atoms. The van der Waals surface area contributed by atoms with Gasteiger partial charge in [-0.05, 0) is 18.2 Å². The standard InChI is InChI=1S/C15H15ClF3N3S/c16-11-2-1-3-12(8-11)22-6-4-21(5-7-22)9-14-20-13(10-23-14)15(17,18)19/h1-3,8,10H,4-7,9H2. The lowest BCUT2D eigenvalue weighted by Crippen LogP contribution is -2.45. The number of anilines is 1. The Balaban J connectivity index is 1.56. The highest BCUT2D eigenvalue weighted by Gasteiger charge is 2.33. The van der Waals surface area contributed by atoms with Crippen LogP contribution in [0.2, 0.25) is 5.02 Å². The van der Waals surface area contributed by atoms with E-state index >= 15 is 0 Å². The Kier molecular flexibility index (Phi) is 4.79. The largest absolute Gasteiger partial charge is 0.434 e. The van der Waals surface area contributed by atoms with Gasteiger partial charge in [-0.15, -0.1) is 11.3 Å². The van der Waals surface area contributed by atoms with Gasteiger partial charge >= 0.3 is 6.18 Å². The molecular formula is C15H15ClF3N3S. The van der Waals surface area contributed by atoms with Crippen LogP contribution in [0.1, 0.15) is 10.7 Å². The topological polar surface area (TPSA) is 19.4 Å². The van der Waals surface area contributed by atoms with E-state index in [1.807, 2.05) is 24.3 Å². The minimum absolute atomic E-state index is 0.462. The zero-order valence-corrected chi connectivity index (χ0v) is 13.8. The van der Waals surface area contributed by atoms with Gasteiger partial charge in [-0.2, -0.15) is 13.2 Å². The van der Waals surface area contributed by atoms with Crippen molar-refractivity contribution in [3.05, 3.63) is 45.4 Å². The second-order valence-electron chi connectivity index (χ2n) is 5.37. The molecule has 3 nitrogen and oxygen atoms in total. The average Bonchev–Trinajstić information content (AvgIpc) is 2.97. The van der Waals surface area contributed by atoms with E-state index in [0.717, 1.165) is 48.6 Å². The summed E-state index contributed by atoms with van der Waals surface area (Å²) in [4.78, 5) is 8.04. The van der Waals surface area contributed by atoms with Gasteiger partial charge in [0, 0.05) is 42.3 Å². The molecule has 1 saturated heterocycles. The third kappa shape index (κ3) is 4.16. The number of alkyl halides is 3. The number of nitrogens with zero attached hydrogens (tertiary/aromatic N) is 3. The molecule has 0 radical (unpaired) electrons. The zero-order valence-electron chi connectivity index (χ0n) is 12.2. The zero-order chi connectivity index (χ0) is 16.4. The summed E-state index contributed by atoms with van der Waals surface area (Å²) >= 11 is 7.07. The molecule has 8 heteroatoms. The van der Waals surface area contributed by atoms with Crippen molar-refractivity contribution in [3.63, 3.8) is 0 Å². The SMILES string of the molecule is FC(F)(F)c1csc(CN2CCN(c3cccc(Cl)c3)CC2)n1. The summed E-state index contributed by atoms with van der Waals surface area (Å²) in [5.41, 5.74) is 0.279. The van der Waals surface area contributed by atoms with Crippen molar-refractivity contribution in [2.24, 2.45) is 0 Å². The molecule has 0 aliphatic carbocycles. The molecule has 0 amide bonds. The van der Waals surface area contributed by atoms with Crippen LogP contribution in [0.4, 0.5) is 18.9 Å². The van der Waals surface area contributed by atoms with E-state index < -0.39 is 11.9 Å². The number of rotatable bonds is 3. The molecule has 2 heterocycles. The van der Waals surface area contributed by atoms with Crippen molar-refractivity contribution < 1.29 is 13.2 Å². The van der Waals surface area contributed by atoms with Crippen molar-refractivity contribution in [2.75, 3.05) is 31.1 Å². The minimum Gasteiger partial charge on any atom is -0.369 e. The van der Waals surface area contributed by atoms with Crippen LogP contribution in [0.5, 0.6) is 0 Å². The Bertz CT molecular complexity index is 666. The van der Waals surface area contributed by atoms with E-state index in [2.05, 4.69) is 14.8 Å². The highest BCUT2D eigenvalue weighted by Crippen LogP contribution is 2.30. The fourth-order valence-corrected chi connectivity index (χ4v) is 3.57. The van der Waals surface area contributed by atoms with Crippen LogP contribution in [0.15, 0.2) is 29.6 Å². The fraction of sp³-hybridized carbons (Fsp3) is 0.400. The van der Waals surface area contributed by atoms with Gasteiger partial charge in [0.2, 0.25) is 0 Å². The number of hydrogen-bond acceptors (Lipinski definition) is 4. The molecule has 1 fully saturated rings. The van der Waals surface area contributed by atoms with Gasteiger partial charge < -0.3 is 4.90 Å². The van der Waals surface area contributed by atoms with Crippen molar-refractivity contribution >= 4 is 28.6 Å². The minimum atomic E-state index is -4.36. The Hall–Kier alpha value is -1.31. The van der Waals surface area contributed by atoms with E-state index in [4.69, 9.17) is 11.6 Å². The smallest absolute Gasteiger partial charge is 0.369 e. The van der Waals surface area contributed by atoms with Crippen LogP contribution < -0.4 is 4.90 Å². The number of halogens is 4. The highest BCUT2D eigenvalue weighted by molar-refractivity contribution is 7.09. The molecule has 2 aromatic rings. The summed E-state index contributed by atoms with van der Waals surface area (Å²) in [7, 11) is 0. The van der Waals surface area contributed by atoms with Crippen LogP contribution in [-0.4, -0.2) is 36.1 Å². The van der Waals surface area contributed by atoms with Gasteiger partial charge in [-0.25, -0.2) is 4.98 Å². The number of piperazine rings is 1. The van der Waals surface area contributed by atoms with E-state index in [0.29, 0.717) is 16.6 Å². The Morgan fingerprint density at radius 1 is 1.17 bits per heavy atom. The molecule has 124 valence electrons. The third-order valence-electron chi connectivity index (χ3n) is 3.75. The first-order valence-electron chi connectivity index (χ1n) is 7.16. The second-order valence-corrected chi connectivity index (χ2v) is 6.75. The first-order valence-corrected chi connectivity index (χ1v) is 8.42. The summed E-state index contributed by atoms with van der Waals surface area (Å²) in [6, 6.07) is 7.69. The monoisotopic (exact) mass is 361 g/mol. The first kappa shape index (κ1) is 16.5. The lowest BCUT2D eigenvalue weighted by atomic mass is 10.2. The van der Waals surface area contributed by atoms with Gasteiger partial charge in [-0.1, -0.05) is 17.7 Å². The predicted octanol–water partition coefficient (Wildman–Crippen LogP) is 4.14. The van der Waals surface area contributed by atoms with Crippen molar-refractivity contribution in [1.82, 2.24) is 9.88 Å². The summed E-state index contributed by atoms with van der Waals surface area (Å²) in [6.07, 6.45) is -4.36. The van der Waals surface area contributed by atoms with E-state index in [1.54, 1.807) is 0 Å². The fourth-order valence-electron chi connectivity index (χ4n) is 2.54. The lowest BCUT2D eigenvalue weighted by Gasteiger charge is -2.35. The van der Waals surface area contributed by atoms with E-state index in [9.17, 15) is 13.2 Å². The van der Waals surface area contributed by atoms with Crippen LogP contribution in [0.25, 0.3) is 0 Å². The molecule has 1 aromatic carbocycles. The quantitative estimate of drug-likeness (QED) is 0.819. The van der Waals surface area contributed by atoms with Crippen LogP contribution >= 0.6 is 22.9 Å². The normalized spacial score (nSPS) is 16.8. The maximum absolute atomic E-state index is 12.6. The average molecular weight is 362 g/mol. The second kappa shape index (κ2) is 6.67. The van der Waals surface area contributed by atoms with Gasteiger partial charge in [0.25, 0.3) is 0 Å². The summed E-state index contributed by atoms with van der Waals surface area (Å²) in [5, 5.41) is 2.29. The molecule has 1 aliphatic heterocycles. The summed E-state index contributed by atoms with van der Waals surface area (Å²) in [6.45, 7) is 3.67. The predicted molar refractivity (Wildman–Crippen MR) is 86.1 cm³/mol.